The van der Waals surface area contributed by atoms with Gasteiger partial charge in [-0.15, -0.1) is 11.3 Å². The third-order valence-corrected chi connectivity index (χ3v) is 6.95. The van der Waals surface area contributed by atoms with Gasteiger partial charge in [0.1, 0.15) is 4.88 Å². The second-order valence-corrected chi connectivity index (χ2v) is 10.3. The van der Waals surface area contributed by atoms with E-state index in [0.717, 1.165) is 54.0 Å². The minimum atomic E-state index is -0.215. The number of carbonyl (C=O) groups is 2. The third kappa shape index (κ3) is 5.37. The minimum Gasteiger partial charge on any atom is -0.337 e. The normalized spacial score (nSPS) is 17.0. The fraction of sp³-hybridized carbons (Fsp3) is 0.440. The molecule has 2 aromatic heterocycles. The number of amides is 2. The molecule has 1 aliphatic rings. The predicted octanol–water partition coefficient (Wildman–Crippen LogP) is 4.03. The van der Waals surface area contributed by atoms with Gasteiger partial charge in [-0.25, -0.2) is 9.97 Å². The number of para-hydroxylation sites is 1. The van der Waals surface area contributed by atoms with E-state index in [4.69, 9.17) is 4.98 Å². The summed E-state index contributed by atoms with van der Waals surface area (Å²) in [6.07, 6.45) is 8.05. The van der Waals surface area contributed by atoms with Crippen LogP contribution < -0.4 is 5.32 Å². The molecular weight excluding hydrogens is 448 g/mol. The van der Waals surface area contributed by atoms with Crippen LogP contribution >= 0.6 is 11.3 Å². The summed E-state index contributed by atoms with van der Waals surface area (Å²) in [5.41, 5.74) is 2.93. The number of rotatable bonds is 6. The van der Waals surface area contributed by atoms with E-state index in [-0.39, 0.29) is 17.9 Å². The number of benzene rings is 1. The van der Waals surface area contributed by atoms with Crippen LogP contribution in [0.5, 0.6) is 0 Å². The Morgan fingerprint density at radius 3 is 2.82 bits per heavy atom. The first-order valence-electron chi connectivity index (χ1n) is 11.6. The number of aromatic nitrogens is 3. The van der Waals surface area contributed by atoms with Gasteiger partial charge < -0.3 is 14.4 Å². The molecule has 3 aromatic rings. The van der Waals surface area contributed by atoms with Crippen LogP contribution in [-0.4, -0.2) is 69.9 Å². The van der Waals surface area contributed by atoms with Crippen molar-refractivity contribution in [3.8, 4) is 0 Å². The Balaban J connectivity index is 1.67. The number of likely N-dealkylation sites (tertiary alicyclic amines) is 1. The molecule has 1 aliphatic heterocycles. The zero-order valence-electron chi connectivity index (χ0n) is 20.2. The van der Waals surface area contributed by atoms with Gasteiger partial charge in [-0.05, 0) is 58.8 Å². The zero-order valence-corrected chi connectivity index (χ0v) is 21.1. The Hall–Kier alpha value is -3.04. The molecule has 8 nitrogen and oxygen atoms in total. The Labute approximate surface area is 204 Å². The number of carbonyl (C=O) groups excluding carboxylic acids is 2. The van der Waals surface area contributed by atoms with Crippen molar-refractivity contribution in [3.05, 3.63) is 52.0 Å². The fourth-order valence-corrected chi connectivity index (χ4v) is 5.07. The Morgan fingerprint density at radius 2 is 2.09 bits per heavy atom. The smallest absolute Gasteiger partial charge is 0.269 e. The molecule has 0 spiro atoms. The van der Waals surface area contributed by atoms with E-state index < -0.39 is 0 Å². The summed E-state index contributed by atoms with van der Waals surface area (Å²) in [5.74, 6) is 0.330. The van der Waals surface area contributed by atoms with Gasteiger partial charge in [0, 0.05) is 25.7 Å². The number of hydrogen-bond acceptors (Lipinski definition) is 6. The molecule has 1 N–H and O–H groups in total. The quantitative estimate of drug-likeness (QED) is 0.539. The van der Waals surface area contributed by atoms with Gasteiger partial charge in [-0.2, -0.15) is 0 Å². The van der Waals surface area contributed by atoms with Crippen LogP contribution in [0, 0.1) is 13.8 Å². The van der Waals surface area contributed by atoms with E-state index in [9.17, 15) is 9.59 Å². The number of imidazole rings is 1. The molecule has 1 atom stereocenters. The molecule has 180 valence electrons. The van der Waals surface area contributed by atoms with Gasteiger partial charge in [-0.1, -0.05) is 18.2 Å². The fourth-order valence-electron chi connectivity index (χ4n) is 4.39. The lowest BCUT2D eigenvalue weighted by atomic mass is 10.1. The number of likely N-dealkylation sites (N-methyl/N-ethyl adjacent to an activating group) is 1. The van der Waals surface area contributed by atoms with E-state index in [1.165, 1.54) is 11.3 Å². The summed E-state index contributed by atoms with van der Waals surface area (Å²) in [7, 11) is 3.96. The molecule has 0 bridgehead atoms. The number of aryl methyl sites for hydroxylation is 2. The molecular formula is C25H32N6O2S. The van der Waals surface area contributed by atoms with Crippen molar-refractivity contribution >= 4 is 40.1 Å². The van der Waals surface area contributed by atoms with Crippen LogP contribution in [0.3, 0.4) is 0 Å². The lowest BCUT2D eigenvalue weighted by molar-refractivity contribution is -0.126. The highest BCUT2D eigenvalue weighted by Crippen LogP contribution is 2.32. The van der Waals surface area contributed by atoms with Crippen LogP contribution in [0.15, 0.2) is 36.5 Å². The highest BCUT2D eigenvalue weighted by molar-refractivity contribution is 7.13. The zero-order chi connectivity index (χ0) is 24.2. The van der Waals surface area contributed by atoms with Gasteiger partial charge in [0.2, 0.25) is 11.9 Å². The number of fused-ring (bicyclic) bond motifs is 1. The molecule has 2 amide bonds. The summed E-state index contributed by atoms with van der Waals surface area (Å²) in [6, 6.07) is 6.02. The van der Waals surface area contributed by atoms with E-state index in [2.05, 4.69) is 27.9 Å². The lowest BCUT2D eigenvalue weighted by Gasteiger charge is -2.26. The van der Waals surface area contributed by atoms with Gasteiger partial charge in [-0.3, -0.25) is 14.9 Å². The molecule has 9 heteroatoms. The number of hydrogen-bond donors (Lipinski definition) is 1. The maximum Gasteiger partial charge on any atom is 0.269 e. The van der Waals surface area contributed by atoms with Crippen molar-refractivity contribution < 1.29 is 9.59 Å². The van der Waals surface area contributed by atoms with Crippen LogP contribution in [0.1, 0.15) is 45.5 Å². The number of anilines is 1. The van der Waals surface area contributed by atoms with Gasteiger partial charge >= 0.3 is 0 Å². The van der Waals surface area contributed by atoms with Crippen LogP contribution in [0.4, 0.5) is 5.95 Å². The Kier molecular flexibility index (Phi) is 7.43. The van der Waals surface area contributed by atoms with E-state index in [1.54, 1.807) is 12.3 Å². The predicted molar refractivity (Wildman–Crippen MR) is 136 cm³/mol. The highest BCUT2D eigenvalue weighted by atomic mass is 32.1. The molecule has 34 heavy (non-hydrogen) atoms. The molecule has 1 aromatic carbocycles. The van der Waals surface area contributed by atoms with Gasteiger partial charge in [0.25, 0.3) is 5.91 Å². The average Bonchev–Trinajstić information content (AvgIpc) is 3.29. The highest BCUT2D eigenvalue weighted by Gasteiger charge is 2.27. The SMILES string of the molecule is Cc1ncc(C(=O)Nc2nc3cccc(C)c3n2[C@@H]2CCCCN(C(=O)/C=C/CN(C)C)C2)s1. The van der Waals surface area contributed by atoms with Gasteiger partial charge in [0.05, 0.1) is 28.3 Å². The van der Waals surface area contributed by atoms with Crippen molar-refractivity contribution in [2.24, 2.45) is 0 Å². The first-order chi connectivity index (χ1) is 16.3. The van der Waals surface area contributed by atoms with Crippen molar-refractivity contribution in [2.45, 2.75) is 39.2 Å². The molecule has 4 rings (SSSR count). The van der Waals surface area contributed by atoms with Crippen molar-refractivity contribution in [1.82, 2.24) is 24.3 Å². The Morgan fingerprint density at radius 1 is 1.26 bits per heavy atom. The molecule has 0 unspecified atom stereocenters. The standard InChI is InChI=1S/C25H32N6O2S/c1-17-9-7-11-20-23(17)31(25(27-20)28-24(33)21-15-26-18(2)34-21)19-10-5-6-14-30(16-19)22(32)12-8-13-29(3)4/h7-9,11-12,15,19H,5-6,10,13-14,16H2,1-4H3,(H,27,28,33)/b12-8+/t19-/m1/s1. The first-order valence-corrected chi connectivity index (χ1v) is 12.5. The third-order valence-electron chi connectivity index (χ3n) is 6.04. The van der Waals surface area contributed by atoms with Crippen LogP contribution in [0.25, 0.3) is 11.0 Å². The van der Waals surface area contributed by atoms with Crippen molar-refractivity contribution in [3.63, 3.8) is 0 Å². The summed E-state index contributed by atoms with van der Waals surface area (Å²) in [5, 5.41) is 3.87. The van der Waals surface area contributed by atoms with Crippen molar-refractivity contribution in [2.75, 3.05) is 39.0 Å². The molecule has 0 aliphatic carbocycles. The maximum atomic E-state index is 13.0. The summed E-state index contributed by atoms with van der Waals surface area (Å²) in [4.78, 5) is 39.4. The molecule has 3 heterocycles. The minimum absolute atomic E-state index is 0.0123. The summed E-state index contributed by atoms with van der Waals surface area (Å²) in [6.45, 7) is 5.97. The second-order valence-electron chi connectivity index (χ2n) is 9.04. The molecule has 0 saturated carbocycles. The lowest BCUT2D eigenvalue weighted by Crippen LogP contribution is -2.34. The number of nitrogens with zero attached hydrogens (tertiary/aromatic N) is 5. The van der Waals surface area contributed by atoms with E-state index in [0.29, 0.717) is 17.4 Å². The van der Waals surface area contributed by atoms with Gasteiger partial charge in [0.15, 0.2) is 0 Å². The number of thiazole rings is 1. The topological polar surface area (TPSA) is 83.4 Å². The van der Waals surface area contributed by atoms with Crippen LogP contribution in [0.2, 0.25) is 0 Å². The average molecular weight is 481 g/mol. The van der Waals surface area contributed by atoms with Crippen LogP contribution in [-0.2, 0) is 4.79 Å². The maximum absolute atomic E-state index is 13.0. The molecule has 1 saturated heterocycles. The largest absolute Gasteiger partial charge is 0.337 e. The molecule has 1 fully saturated rings. The summed E-state index contributed by atoms with van der Waals surface area (Å²) >= 11 is 1.36. The number of nitrogens with one attached hydrogen (secondary N) is 1. The second kappa shape index (κ2) is 10.5. The van der Waals surface area contributed by atoms with Crippen molar-refractivity contribution in [1.29, 1.82) is 0 Å². The monoisotopic (exact) mass is 480 g/mol. The summed E-state index contributed by atoms with van der Waals surface area (Å²) < 4.78 is 2.13. The van der Waals surface area contributed by atoms with E-state index in [1.807, 2.05) is 49.0 Å². The first kappa shape index (κ1) is 24.1. The molecule has 0 radical (unpaired) electrons. The Bertz CT molecular complexity index is 1210. The van der Waals surface area contributed by atoms with E-state index >= 15 is 0 Å².